The molecule has 2 rings (SSSR count). The standard InChI is InChI=1S/C15H16ClNO4/c1-3-20-15(19)14-9(2)12-11(21-14)5-4-10(13(12)16)8-17-6-7-18/h4-5,8,18H,3,6-7H2,1-2H3. The van der Waals surface area contributed by atoms with Crippen LogP contribution in [-0.4, -0.2) is 37.0 Å². The lowest BCUT2D eigenvalue weighted by atomic mass is 10.1. The van der Waals surface area contributed by atoms with E-state index in [0.29, 0.717) is 33.7 Å². The van der Waals surface area contributed by atoms with Crippen LogP contribution in [0.3, 0.4) is 0 Å². The van der Waals surface area contributed by atoms with Crippen LogP contribution in [0.15, 0.2) is 21.5 Å². The summed E-state index contributed by atoms with van der Waals surface area (Å²) >= 11 is 6.36. The van der Waals surface area contributed by atoms with E-state index in [4.69, 9.17) is 25.9 Å². The molecular weight excluding hydrogens is 294 g/mol. The number of furan rings is 1. The smallest absolute Gasteiger partial charge is 0.374 e. The summed E-state index contributed by atoms with van der Waals surface area (Å²) in [6.07, 6.45) is 1.59. The lowest BCUT2D eigenvalue weighted by molar-refractivity contribution is 0.0491. The average Bonchev–Trinajstić information content (AvgIpc) is 2.80. The quantitative estimate of drug-likeness (QED) is 0.681. The van der Waals surface area contributed by atoms with Crippen molar-refractivity contribution in [2.24, 2.45) is 4.99 Å². The first kappa shape index (κ1) is 15.5. The molecule has 2 aromatic rings. The van der Waals surface area contributed by atoms with E-state index in [1.54, 1.807) is 32.2 Å². The van der Waals surface area contributed by atoms with Crippen molar-refractivity contribution >= 4 is 34.8 Å². The number of ether oxygens (including phenoxy) is 1. The third-order valence-electron chi connectivity index (χ3n) is 2.98. The van der Waals surface area contributed by atoms with Gasteiger partial charge in [-0.1, -0.05) is 11.6 Å². The summed E-state index contributed by atoms with van der Waals surface area (Å²) in [7, 11) is 0. The van der Waals surface area contributed by atoms with Gasteiger partial charge in [-0.3, -0.25) is 4.99 Å². The van der Waals surface area contributed by atoms with Crippen LogP contribution in [0.2, 0.25) is 5.02 Å². The first-order valence-electron chi connectivity index (χ1n) is 6.59. The zero-order valence-electron chi connectivity index (χ0n) is 11.9. The molecule has 0 aliphatic carbocycles. The molecule has 1 N–H and O–H groups in total. The molecule has 112 valence electrons. The molecule has 0 aliphatic heterocycles. The number of rotatable bonds is 5. The Morgan fingerprint density at radius 3 is 2.95 bits per heavy atom. The van der Waals surface area contributed by atoms with E-state index in [1.807, 2.05) is 0 Å². The van der Waals surface area contributed by atoms with Crippen LogP contribution in [0.5, 0.6) is 0 Å². The maximum Gasteiger partial charge on any atom is 0.374 e. The van der Waals surface area contributed by atoms with E-state index in [1.165, 1.54) is 0 Å². The second kappa shape index (κ2) is 6.74. The van der Waals surface area contributed by atoms with Gasteiger partial charge in [0.05, 0.1) is 24.8 Å². The summed E-state index contributed by atoms with van der Waals surface area (Å²) in [6, 6.07) is 3.49. The van der Waals surface area contributed by atoms with Gasteiger partial charge in [-0.05, 0) is 26.0 Å². The topological polar surface area (TPSA) is 72.0 Å². The van der Waals surface area contributed by atoms with Gasteiger partial charge in [-0.25, -0.2) is 4.79 Å². The number of carbonyl (C=O) groups excluding carboxylic acids is 1. The van der Waals surface area contributed by atoms with Crippen molar-refractivity contribution in [3.05, 3.63) is 34.0 Å². The molecule has 0 bridgehead atoms. The Labute approximate surface area is 127 Å². The number of halogens is 1. The Morgan fingerprint density at radius 1 is 1.52 bits per heavy atom. The van der Waals surface area contributed by atoms with E-state index in [0.717, 1.165) is 0 Å². The van der Waals surface area contributed by atoms with Crippen molar-refractivity contribution in [2.45, 2.75) is 13.8 Å². The molecular formula is C15H16ClNO4. The van der Waals surface area contributed by atoms with Crippen LogP contribution in [-0.2, 0) is 4.74 Å². The fourth-order valence-electron chi connectivity index (χ4n) is 2.02. The number of fused-ring (bicyclic) bond motifs is 1. The Balaban J connectivity index is 2.49. The summed E-state index contributed by atoms with van der Waals surface area (Å²) in [5.41, 5.74) is 1.88. The average molecular weight is 310 g/mol. The number of aliphatic hydroxyl groups is 1. The predicted molar refractivity (Wildman–Crippen MR) is 81.5 cm³/mol. The highest BCUT2D eigenvalue weighted by Gasteiger charge is 2.21. The monoisotopic (exact) mass is 309 g/mol. The van der Waals surface area contributed by atoms with Crippen molar-refractivity contribution in [2.75, 3.05) is 19.8 Å². The van der Waals surface area contributed by atoms with E-state index in [2.05, 4.69) is 4.99 Å². The molecule has 6 heteroatoms. The first-order valence-corrected chi connectivity index (χ1v) is 6.97. The number of aliphatic hydroxyl groups excluding tert-OH is 1. The molecule has 1 aromatic carbocycles. The predicted octanol–water partition coefficient (Wildman–Crippen LogP) is 2.98. The van der Waals surface area contributed by atoms with Gasteiger partial charge in [0.15, 0.2) is 0 Å². The number of carbonyl (C=O) groups is 1. The summed E-state index contributed by atoms with van der Waals surface area (Å²) in [5, 5.41) is 9.87. The highest BCUT2D eigenvalue weighted by Crippen LogP contribution is 2.33. The number of hydrogen-bond donors (Lipinski definition) is 1. The molecule has 0 atom stereocenters. The normalized spacial score (nSPS) is 11.4. The molecule has 0 saturated carbocycles. The Bertz CT molecular complexity index is 691. The van der Waals surface area contributed by atoms with Gasteiger partial charge < -0.3 is 14.3 Å². The number of aliphatic imine (C=N–C) groups is 1. The summed E-state index contributed by atoms with van der Waals surface area (Å²) in [4.78, 5) is 15.9. The highest BCUT2D eigenvalue weighted by atomic mass is 35.5. The van der Waals surface area contributed by atoms with Crippen molar-refractivity contribution < 1.29 is 19.1 Å². The maximum absolute atomic E-state index is 11.8. The second-order valence-electron chi connectivity index (χ2n) is 4.38. The number of benzene rings is 1. The first-order chi connectivity index (χ1) is 10.1. The van der Waals surface area contributed by atoms with Crippen molar-refractivity contribution in [3.63, 3.8) is 0 Å². The molecule has 5 nitrogen and oxygen atoms in total. The van der Waals surface area contributed by atoms with Crippen LogP contribution in [0.1, 0.15) is 28.6 Å². The van der Waals surface area contributed by atoms with Gasteiger partial charge >= 0.3 is 5.97 Å². The fourth-order valence-corrected chi connectivity index (χ4v) is 2.37. The lowest BCUT2D eigenvalue weighted by Crippen LogP contribution is -2.04. The second-order valence-corrected chi connectivity index (χ2v) is 4.76. The Kier molecular flexibility index (Phi) is 4.98. The Morgan fingerprint density at radius 2 is 2.29 bits per heavy atom. The summed E-state index contributed by atoms with van der Waals surface area (Å²) < 4.78 is 10.5. The van der Waals surface area contributed by atoms with Gasteiger partial charge in [0, 0.05) is 22.7 Å². The largest absolute Gasteiger partial charge is 0.460 e. The van der Waals surface area contributed by atoms with E-state index < -0.39 is 5.97 Å². The Hall–Kier alpha value is -1.85. The van der Waals surface area contributed by atoms with Crippen molar-refractivity contribution in [1.82, 2.24) is 0 Å². The molecule has 0 unspecified atom stereocenters. The molecule has 0 spiro atoms. The molecule has 0 fully saturated rings. The maximum atomic E-state index is 11.8. The molecule has 1 heterocycles. The molecule has 1 aromatic heterocycles. The van der Waals surface area contributed by atoms with E-state index in [9.17, 15) is 4.79 Å². The number of nitrogens with zero attached hydrogens (tertiary/aromatic N) is 1. The van der Waals surface area contributed by atoms with Gasteiger partial charge in [0.25, 0.3) is 0 Å². The number of esters is 1. The number of aryl methyl sites for hydroxylation is 1. The van der Waals surface area contributed by atoms with Crippen molar-refractivity contribution in [3.8, 4) is 0 Å². The van der Waals surface area contributed by atoms with Crippen LogP contribution in [0.4, 0.5) is 0 Å². The van der Waals surface area contributed by atoms with Crippen LogP contribution in [0, 0.1) is 6.92 Å². The van der Waals surface area contributed by atoms with Crippen molar-refractivity contribution in [1.29, 1.82) is 0 Å². The van der Waals surface area contributed by atoms with Crippen LogP contribution in [0.25, 0.3) is 11.0 Å². The van der Waals surface area contributed by atoms with Gasteiger partial charge in [-0.15, -0.1) is 0 Å². The summed E-state index contributed by atoms with van der Waals surface area (Å²) in [6.45, 7) is 4.07. The third kappa shape index (κ3) is 3.09. The van der Waals surface area contributed by atoms with Crippen LogP contribution < -0.4 is 0 Å². The van der Waals surface area contributed by atoms with E-state index in [-0.39, 0.29) is 19.0 Å². The third-order valence-corrected chi connectivity index (χ3v) is 3.39. The SMILES string of the molecule is CCOC(=O)c1oc2ccc(C=NCCO)c(Cl)c2c1C. The van der Waals surface area contributed by atoms with Gasteiger partial charge in [0.1, 0.15) is 5.58 Å². The molecule has 0 saturated heterocycles. The zero-order valence-corrected chi connectivity index (χ0v) is 12.6. The molecule has 21 heavy (non-hydrogen) atoms. The molecule has 0 radical (unpaired) electrons. The summed E-state index contributed by atoms with van der Waals surface area (Å²) in [5.74, 6) is -0.337. The van der Waals surface area contributed by atoms with Crippen LogP contribution >= 0.6 is 11.6 Å². The minimum atomic E-state index is -0.502. The zero-order chi connectivity index (χ0) is 15.4. The molecule has 0 aliphatic rings. The molecule has 0 amide bonds. The fraction of sp³-hybridized carbons (Fsp3) is 0.333. The van der Waals surface area contributed by atoms with Gasteiger partial charge in [0.2, 0.25) is 5.76 Å². The van der Waals surface area contributed by atoms with Gasteiger partial charge in [-0.2, -0.15) is 0 Å². The van der Waals surface area contributed by atoms with E-state index >= 15 is 0 Å². The minimum absolute atomic E-state index is 0.0197. The number of hydrogen-bond acceptors (Lipinski definition) is 5. The minimum Gasteiger partial charge on any atom is -0.460 e. The lowest BCUT2D eigenvalue weighted by Gasteiger charge is -2.00. The highest BCUT2D eigenvalue weighted by molar-refractivity contribution is 6.38.